The van der Waals surface area contributed by atoms with Gasteiger partial charge in [0.25, 0.3) is 0 Å². The van der Waals surface area contributed by atoms with Gasteiger partial charge in [-0.05, 0) is 47.9 Å². The van der Waals surface area contributed by atoms with E-state index in [-0.39, 0.29) is 5.78 Å². The van der Waals surface area contributed by atoms with Crippen LogP contribution in [0.1, 0.15) is 15.2 Å². The van der Waals surface area contributed by atoms with Gasteiger partial charge in [-0.3, -0.25) is 9.78 Å². The van der Waals surface area contributed by atoms with Crippen LogP contribution < -0.4 is 0 Å². The van der Waals surface area contributed by atoms with E-state index in [1.54, 1.807) is 18.5 Å². The normalized spacial score (nSPS) is 11.1. The quantitative estimate of drug-likeness (QED) is 0.377. The standard InChI is InChI=1S/C21H15N3OS/c25-19(20-9-5-13-26-20)11-10-17-15-24(18-7-2-1-3-8-18)23-21(17)16-6-4-12-22-14-16/h1-15H. The van der Waals surface area contributed by atoms with Crippen molar-refractivity contribution in [2.24, 2.45) is 0 Å². The van der Waals surface area contributed by atoms with Crippen LogP contribution in [0.25, 0.3) is 23.0 Å². The van der Waals surface area contributed by atoms with Gasteiger partial charge in [-0.15, -0.1) is 11.3 Å². The summed E-state index contributed by atoms with van der Waals surface area (Å²) in [6.07, 6.45) is 8.84. The van der Waals surface area contributed by atoms with Crippen molar-refractivity contribution < 1.29 is 4.79 Å². The van der Waals surface area contributed by atoms with E-state index in [9.17, 15) is 4.79 Å². The number of carbonyl (C=O) groups is 1. The SMILES string of the molecule is O=C(C=Cc1cn(-c2ccccc2)nc1-c1cccnc1)c1cccs1. The Labute approximate surface area is 155 Å². The zero-order valence-electron chi connectivity index (χ0n) is 13.8. The monoisotopic (exact) mass is 357 g/mol. The maximum Gasteiger partial charge on any atom is 0.195 e. The highest BCUT2D eigenvalue weighted by molar-refractivity contribution is 7.12. The summed E-state index contributed by atoms with van der Waals surface area (Å²) in [4.78, 5) is 17.2. The molecule has 0 aliphatic carbocycles. The summed E-state index contributed by atoms with van der Waals surface area (Å²) < 4.78 is 1.82. The molecule has 0 amide bonds. The number of hydrogen-bond acceptors (Lipinski definition) is 4. The Bertz CT molecular complexity index is 1040. The zero-order valence-corrected chi connectivity index (χ0v) is 14.6. The first-order valence-electron chi connectivity index (χ1n) is 8.13. The van der Waals surface area contributed by atoms with Crippen molar-refractivity contribution in [1.29, 1.82) is 0 Å². The lowest BCUT2D eigenvalue weighted by Gasteiger charge is -1.99. The van der Waals surface area contributed by atoms with E-state index >= 15 is 0 Å². The van der Waals surface area contributed by atoms with E-state index in [4.69, 9.17) is 5.10 Å². The molecule has 0 spiro atoms. The van der Waals surface area contributed by atoms with E-state index in [2.05, 4.69) is 4.98 Å². The molecule has 0 unspecified atom stereocenters. The van der Waals surface area contributed by atoms with Gasteiger partial charge in [0.15, 0.2) is 5.78 Å². The molecule has 0 fully saturated rings. The second-order valence-electron chi connectivity index (χ2n) is 5.63. The third-order valence-corrected chi connectivity index (χ3v) is 4.76. The Morgan fingerprint density at radius 3 is 2.65 bits per heavy atom. The number of nitrogens with zero attached hydrogens (tertiary/aromatic N) is 3. The van der Waals surface area contributed by atoms with Crippen LogP contribution in [0.15, 0.2) is 84.6 Å². The highest BCUT2D eigenvalue weighted by Gasteiger charge is 2.11. The fourth-order valence-corrected chi connectivity index (χ4v) is 3.26. The minimum absolute atomic E-state index is 0.00963. The average Bonchev–Trinajstić information content (AvgIpc) is 3.38. The van der Waals surface area contributed by atoms with Gasteiger partial charge in [0.1, 0.15) is 5.69 Å². The smallest absolute Gasteiger partial charge is 0.195 e. The summed E-state index contributed by atoms with van der Waals surface area (Å²) in [6, 6.07) is 17.4. The van der Waals surface area contributed by atoms with Gasteiger partial charge >= 0.3 is 0 Å². The zero-order chi connectivity index (χ0) is 17.8. The van der Waals surface area contributed by atoms with Crippen LogP contribution in [-0.2, 0) is 0 Å². The maximum atomic E-state index is 12.3. The predicted molar refractivity (Wildman–Crippen MR) is 104 cm³/mol. The lowest BCUT2D eigenvalue weighted by atomic mass is 10.1. The molecule has 0 aliphatic heterocycles. The van der Waals surface area contributed by atoms with Crippen molar-refractivity contribution in [3.05, 3.63) is 95.1 Å². The molecule has 3 aromatic heterocycles. The molecule has 4 nitrogen and oxygen atoms in total. The fourth-order valence-electron chi connectivity index (χ4n) is 2.62. The Hall–Kier alpha value is -3.31. The third kappa shape index (κ3) is 3.38. The summed E-state index contributed by atoms with van der Waals surface area (Å²) >= 11 is 1.44. The number of ketones is 1. The number of allylic oxidation sites excluding steroid dienone is 1. The predicted octanol–water partition coefficient (Wildman–Crippen LogP) is 4.89. The maximum absolute atomic E-state index is 12.3. The van der Waals surface area contributed by atoms with E-state index < -0.39 is 0 Å². The van der Waals surface area contributed by atoms with Crippen molar-refractivity contribution in [2.75, 3.05) is 0 Å². The molecule has 4 aromatic rings. The van der Waals surface area contributed by atoms with Crippen LogP contribution in [0.2, 0.25) is 0 Å². The largest absolute Gasteiger partial charge is 0.288 e. The molecule has 126 valence electrons. The molecule has 3 heterocycles. The first-order valence-corrected chi connectivity index (χ1v) is 9.00. The first-order chi connectivity index (χ1) is 12.8. The number of pyridine rings is 1. The summed E-state index contributed by atoms with van der Waals surface area (Å²) in [5, 5.41) is 6.61. The lowest BCUT2D eigenvalue weighted by Crippen LogP contribution is -1.94. The van der Waals surface area contributed by atoms with Gasteiger partial charge in [0, 0.05) is 29.7 Å². The van der Waals surface area contributed by atoms with Crippen molar-refractivity contribution >= 4 is 23.2 Å². The van der Waals surface area contributed by atoms with Gasteiger partial charge in [-0.25, -0.2) is 4.68 Å². The number of benzene rings is 1. The van der Waals surface area contributed by atoms with E-state index in [0.717, 1.165) is 27.4 Å². The van der Waals surface area contributed by atoms with E-state index in [0.29, 0.717) is 0 Å². The number of aromatic nitrogens is 3. The van der Waals surface area contributed by atoms with E-state index in [1.165, 1.54) is 11.3 Å². The molecule has 0 saturated carbocycles. The Morgan fingerprint density at radius 2 is 1.92 bits per heavy atom. The molecule has 0 aliphatic rings. The molecule has 26 heavy (non-hydrogen) atoms. The molecular formula is C21H15N3OS. The van der Waals surface area contributed by atoms with Gasteiger partial charge in [0.2, 0.25) is 0 Å². The topological polar surface area (TPSA) is 47.8 Å². The average molecular weight is 357 g/mol. The van der Waals surface area contributed by atoms with Crippen molar-refractivity contribution in [3.63, 3.8) is 0 Å². The van der Waals surface area contributed by atoms with Crippen LogP contribution in [-0.4, -0.2) is 20.5 Å². The molecule has 0 N–H and O–H groups in total. The Balaban J connectivity index is 1.74. The number of carbonyl (C=O) groups excluding carboxylic acids is 1. The minimum atomic E-state index is -0.00963. The van der Waals surface area contributed by atoms with Crippen LogP contribution in [0.4, 0.5) is 0 Å². The number of thiophene rings is 1. The van der Waals surface area contributed by atoms with Crippen molar-refractivity contribution in [1.82, 2.24) is 14.8 Å². The Morgan fingerprint density at radius 1 is 1.04 bits per heavy atom. The molecule has 0 bridgehead atoms. The Kier molecular flexibility index (Phi) is 4.53. The molecule has 4 rings (SSSR count). The molecule has 0 atom stereocenters. The number of hydrogen-bond donors (Lipinski definition) is 0. The minimum Gasteiger partial charge on any atom is -0.288 e. The molecule has 1 aromatic carbocycles. The van der Waals surface area contributed by atoms with Gasteiger partial charge in [-0.1, -0.05) is 24.3 Å². The molecule has 5 heteroatoms. The van der Waals surface area contributed by atoms with Crippen molar-refractivity contribution in [3.8, 4) is 16.9 Å². The molecule has 0 radical (unpaired) electrons. The molecular weight excluding hydrogens is 342 g/mol. The van der Waals surface area contributed by atoms with Crippen molar-refractivity contribution in [2.45, 2.75) is 0 Å². The summed E-state index contributed by atoms with van der Waals surface area (Å²) in [5.41, 5.74) is 3.52. The third-order valence-electron chi connectivity index (χ3n) is 3.88. The van der Waals surface area contributed by atoms with Crippen LogP contribution in [0, 0.1) is 0 Å². The second-order valence-corrected chi connectivity index (χ2v) is 6.58. The van der Waals surface area contributed by atoms with Gasteiger partial charge in [0.05, 0.1) is 10.6 Å². The van der Waals surface area contributed by atoms with Crippen LogP contribution in [0.5, 0.6) is 0 Å². The highest BCUT2D eigenvalue weighted by Crippen LogP contribution is 2.24. The second kappa shape index (κ2) is 7.29. The number of rotatable bonds is 5. The molecule has 0 saturated heterocycles. The fraction of sp³-hybridized carbons (Fsp3) is 0. The summed E-state index contributed by atoms with van der Waals surface area (Å²) in [6.45, 7) is 0. The first kappa shape index (κ1) is 16.2. The summed E-state index contributed by atoms with van der Waals surface area (Å²) in [7, 11) is 0. The van der Waals surface area contributed by atoms with Gasteiger partial charge < -0.3 is 0 Å². The number of para-hydroxylation sites is 1. The van der Waals surface area contributed by atoms with Crippen LogP contribution >= 0.6 is 11.3 Å². The highest BCUT2D eigenvalue weighted by atomic mass is 32.1. The van der Waals surface area contributed by atoms with Gasteiger partial charge in [-0.2, -0.15) is 5.10 Å². The van der Waals surface area contributed by atoms with E-state index in [1.807, 2.05) is 76.9 Å². The summed E-state index contributed by atoms with van der Waals surface area (Å²) in [5.74, 6) is -0.00963. The lowest BCUT2D eigenvalue weighted by molar-refractivity contribution is 0.105. The van der Waals surface area contributed by atoms with Crippen LogP contribution in [0.3, 0.4) is 0 Å².